The lowest BCUT2D eigenvalue weighted by Gasteiger charge is -2.57. The summed E-state index contributed by atoms with van der Waals surface area (Å²) in [5.41, 5.74) is 0.147. The maximum absolute atomic E-state index is 13.8. The molecule has 0 saturated carbocycles. The number of fused-ring (bicyclic) bond motifs is 1. The number of amides is 1. The predicted molar refractivity (Wildman–Crippen MR) is 224 cm³/mol. The molecule has 0 radical (unpaired) electrons. The average molecular weight is 909 g/mol. The lowest BCUT2D eigenvalue weighted by atomic mass is 9.74. The van der Waals surface area contributed by atoms with Crippen LogP contribution in [0.2, 0.25) is 0 Å². The SMILES string of the molecule is C=CCOC1C[C@@H](O[C@H](C)C(=O)OCC)[C@@](O)([C@@H]2O[C@@H]3COC(c4ccccc4)O[C@H]3[C@H](OCc3ccccc3)[C@H]2NC(=O)OCC(Cl)(Cl)Cl)[C@@H](COCc2ccccc2)O1. The Morgan fingerprint density at radius 2 is 1.59 bits per heavy atom. The Balaban J connectivity index is 1.44. The van der Waals surface area contributed by atoms with Crippen molar-refractivity contribution >= 4 is 46.9 Å². The van der Waals surface area contributed by atoms with Crippen LogP contribution >= 0.6 is 34.8 Å². The summed E-state index contributed by atoms with van der Waals surface area (Å²) in [7, 11) is 0. The number of nitrogens with one attached hydrogen (secondary N) is 1. The van der Waals surface area contributed by atoms with Gasteiger partial charge in [0.1, 0.15) is 42.7 Å². The van der Waals surface area contributed by atoms with Gasteiger partial charge in [-0.1, -0.05) is 132 Å². The number of carbonyl (C=O) groups is 2. The molecule has 3 aliphatic rings. The number of benzene rings is 3. The second-order valence-electron chi connectivity index (χ2n) is 14.7. The first-order chi connectivity index (χ1) is 29.4. The molecule has 3 heterocycles. The molecule has 11 atom stereocenters. The minimum Gasteiger partial charge on any atom is -0.464 e. The van der Waals surface area contributed by atoms with E-state index in [1.54, 1.807) is 13.0 Å². The van der Waals surface area contributed by atoms with Crippen LogP contribution in [0.3, 0.4) is 0 Å². The highest BCUT2D eigenvalue weighted by Crippen LogP contribution is 2.44. The minimum absolute atomic E-state index is 0.0156. The van der Waals surface area contributed by atoms with Crippen molar-refractivity contribution < 1.29 is 62.1 Å². The normalized spacial score (nSPS) is 29.4. The smallest absolute Gasteiger partial charge is 0.407 e. The maximum atomic E-state index is 13.8. The topological polar surface area (TPSA) is 159 Å². The Labute approximate surface area is 370 Å². The zero-order valence-corrected chi connectivity index (χ0v) is 36.1. The molecule has 61 heavy (non-hydrogen) atoms. The molecule has 0 aromatic heterocycles. The van der Waals surface area contributed by atoms with Crippen LogP contribution in [0.25, 0.3) is 0 Å². The van der Waals surface area contributed by atoms with Gasteiger partial charge in [-0.2, -0.15) is 0 Å². The molecule has 3 saturated heterocycles. The van der Waals surface area contributed by atoms with Gasteiger partial charge in [0.2, 0.25) is 3.79 Å². The van der Waals surface area contributed by atoms with E-state index in [1.807, 2.05) is 91.0 Å². The van der Waals surface area contributed by atoms with Gasteiger partial charge >= 0.3 is 12.1 Å². The van der Waals surface area contributed by atoms with Crippen LogP contribution in [-0.2, 0) is 65.4 Å². The van der Waals surface area contributed by atoms with E-state index < -0.39 is 89.4 Å². The van der Waals surface area contributed by atoms with E-state index in [1.165, 1.54) is 6.92 Å². The quantitative estimate of drug-likeness (QED) is 0.0809. The fraction of sp³-hybridized carbons (Fsp3) is 0.500. The summed E-state index contributed by atoms with van der Waals surface area (Å²) in [5.74, 6) is -0.670. The van der Waals surface area contributed by atoms with Gasteiger partial charge in [0.05, 0.1) is 51.8 Å². The van der Waals surface area contributed by atoms with Gasteiger partial charge in [-0.25, -0.2) is 9.59 Å². The summed E-state index contributed by atoms with van der Waals surface area (Å²) in [4.78, 5) is 26.9. The van der Waals surface area contributed by atoms with Crippen molar-refractivity contribution in [2.75, 3.05) is 33.0 Å². The van der Waals surface area contributed by atoms with Gasteiger partial charge in [-0.15, -0.1) is 6.58 Å². The summed E-state index contributed by atoms with van der Waals surface area (Å²) in [5, 5.41) is 16.5. The van der Waals surface area contributed by atoms with Crippen molar-refractivity contribution in [3.8, 4) is 0 Å². The number of esters is 1. The van der Waals surface area contributed by atoms with E-state index in [0.717, 1.165) is 16.7 Å². The van der Waals surface area contributed by atoms with Gasteiger partial charge in [0, 0.05) is 12.0 Å². The number of alkyl halides is 3. The van der Waals surface area contributed by atoms with E-state index in [0.29, 0.717) is 0 Å². The molecule has 0 aliphatic carbocycles. The Morgan fingerprint density at radius 3 is 2.23 bits per heavy atom. The first-order valence-corrected chi connectivity index (χ1v) is 21.2. The Hall–Kier alpha value is -3.35. The predicted octanol–water partition coefficient (Wildman–Crippen LogP) is 6.52. The summed E-state index contributed by atoms with van der Waals surface area (Å²) in [6, 6.07) is 26.8. The molecule has 17 heteroatoms. The summed E-state index contributed by atoms with van der Waals surface area (Å²) in [6.45, 7) is 6.46. The fourth-order valence-electron chi connectivity index (χ4n) is 7.56. The number of ether oxygens (including phenoxy) is 10. The van der Waals surface area contributed by atoms with Gasteiger partial charge in [0.25, 0.3) is 0 Å². The molecule has 14 nitrogen and oxygen atoms in total. The number of rotatable bonds is 18. The zero-order valence-electron chi connectivity index (χ0n) is 33.9. The lowest BCUT2D eigenvalue weighted by molar-refractivity contribution is -0.370. The highest BCUT2D eigenvalue weighted by molar-refractivity contribution is 6.67. The van der Waals surface area contributed by atoms with Crippen molar-refractivity contribution in [2.45, 2.75) is 104 Å². The van der Waals surface area contributed by atoms with Crippen molar-refractivity contribution in [3.05, 3.63) is 120 Å². The number of aliphatic hydroxyl groups is 1. The molecule has 2 unspecified atom stereocenters. The van der Waals surface area contributed by atoms with Crippen LogP contribution in [0.4, 0.5) is 4.79 Å². The first-order valence-electron chi connectivity index (χ1n) is 20.1. The first kappa shape index (κ1) is 47.1. The molecule has 0 spiro atoms. The van der Waals surface area contributed by atoms with E-state index in [9.17, 15) is 14.7 Å². The third-order valence-electron chi connectivity index (χ3n) is 10.4. The van der Waals surface area contributed by atoms with Gasteiger partial charge in [0.15, 0.2) is 18.7 Å². The van der Waals surface area contributed by atoms with Gasteiger partial charge in [-0.3, -0.25) is 0 Å². The van der Waals surface area contributed by atoms with Crippen LogP contribution in [-0.4, -0.2) is 115 Å². The second kappa shape index (κ2) is 22.3. The van der Waals surface area contributed by atoms with E-state index in [-0.39, 0.29) is 46.1 Å². The van der Waals surface area contributed by atoms with Crippen LogP contribution in [0.1, 0.15) is 43.2 Å². The molecule has 3 aliphatic heterocycles. The zero-order chi connectivity index (χ0) is 43.4. The molecule has 332 valence electrons. The highest BCUT2D eigenvalue weighted by atomic mass is 35.6. The molecule has 1 amide bonds. The van der Waals surface area contributed by atoms with E-state index in [2.05, 4.69) is 11.9 Å². The minimum atomic E-state index is -2.26. The van der Waals surface area contributed by atoms with Crippen LogP contribution in [0, 0.1) is 0 Å². The summed E-state index contributed by atoms with van der Waals surface area (Å²) < 4.78 is 60.4. The fourth-order valence-corrected chi connectivity index (χ4v) is 7.72. The number of halogens is 3. The molecule has 0 bridgehead atoms. The third kappa shape index (κ3) is 12.6. The van der Waals surface area contributed by atoms with Crippen LogP contribution in [0.5, 0.6) is 0 Å². The average Bonchev–Trinajstić information content (AvgIpc) is 3.26. The van der Waals surface area contributed by atoms with Crippen molar-refractivity contribution in [1.29, 1.82) is 0 Å². The van der Waals surface area contributed by atoms with Crippen LogP contribution < -0.4 is 5.32 Å². The summed E-state index contributed by atoms with van der Waals surface area (Å²) >= 11 is 17.9. The summed E-state index contributed by atoms with van der Waals surface area (Å²) in [6.07, 6.45) is -9.51. The number of alkyl carbamates (subject to hydrolysis) is 1. The molecule has 3 fully saturated rings. The largest absolute Gasteiger partial charge is 0.464 e. The van der Waals surface area contributed by atoms with Crippen molar-refractivity contribution in [3.63, 3.8) is 0 Å². The van der Waals surface area contributed by atoms with Crippen molar-refractivity contribution in [2.24, 2.45) is 0 Å². The molecule has 2 N–H and O–H groups in total. The maximum Gasteiger partial charge on any atom is 0.407 e. The Kier molecular flexibility index (Phi) is 17.3. The third-order valence-corrected chi connectivity index (χ3v) is 10.7. The Bertz CT molecular complexity index is 1830. The Morgan fingerprint density at radius 1 is 0.934 bits per heavy atom. The molecular weight excluding hydrogens is 857 g/mol. The van der Waals surface area contributed by atoms with Gasteiger partial charge in [-0.05, 0) is 25.0 Å². The standard InChI is InChI=1S/C44H52Cl3NO13/c1-4-21-54-35-22-33(58-28(3)40(49)53-5-2)44(51,34(60-35)26-52-23-29-15-9-6-10-16-29)39-36(48-42(50)57-27-43(45,46)47)38(55-24-30-17-11-7-12-18-30)37-32(59-39)25-56-41(61-37)31-19-13-8-14-20-31/h4,6-20,28,32-39,41,51H,1,5,21-27H2,2-3H3,(H,48,50)/t28-,32-,33-,34-,35?,36-,37-,38-,39-,41?,44+/m1/s1. The highest BCUT2D eigenvalue weighted by Gasteiger charge is 2.65. The van der Waals surface area contributed by atoms with E-state index in [4.69, 9.17) is 82.2 Å². The molecule has 6 rings (SSSR count). The van der Waals surface area contributed by atoms with Crippen molar-refractivity contribution in [1.82, 2.24) is 5.32 Å². The monoisotopic (exact) mass is 907 g/mol. The number of hydrogen-bond donors (Lipinski definition) is 2. The molecule has 3 aromatic carbocycles. The van der Waals surface area contributed by atoms with Crippen LogP contribution in [0.15, 0.2) is 104 Å². The van der Waals surface area contributed by atoms with Gasteiger partial charge < -0.3 is 57.8 Å². The van der Waals surface area contributed by atoms with E-state index >= 15 is 0 Å². The molecule has 3 aromatic rings. The lowest BCUT2D eigenvalue weighted by Crippen LogP contribution is -2.78. The number of carbonyl (C=O) groups excluding carboxylic acids is 2. The molecular formula is C44H52Cl3NO13. The number of hydrogen-bond acceptors (Lipinski definition) is 13. The second-order valence-corrected chi connectivity index (χ2v) is 17.2.